The average molecular weight is 349 g/mol. The van der Waals surface area contributed by atoms with Crippen LogP contribution < -0.4 is 0 Å². The molecule has 6 heteroatoms. The predicted molar refractivity (Wildman–Crippen MR) is 94.0 cm³/mol. The van der Waals surface area contributed by atoms with Gasteiger partial charge in [-0.2, -0.15) is 0 Å². The maximum absolute atomic E-state index is 12.7. The molecule has 3 heterocycles. The second-order valence-electron chi connectivity index (χ2n) is 8.91. The molecule has 3 aliphatic heterocycles. The monoisotopic (exact) mass is 349 g/mol. The van der Waals surface area contributed by atoms with E-state index in [9.17, 15) is 9.59 Å². The fraction of sp³-hybridized carbons (Fsp3) is 0.895. The van der Waals surface area contributed by atoms with Crippen LogP contribution in [0, 0.1) is 11.8 Å². The number of ether oxygens (including phenoxy) is 1. The summed E-state index contributed by atoms with van der Waals surface area (Å²) < 4.78 is 6.19. The fourth-order valence-electron chi connectivity index (χ4n) is 4.18. The molecule has 1 aliphatic carbocycles. The van der Waals surface area contributed by atoms with Crippen molar-refractivity contribution in [2.24, 2.45) is 11.8 Å². The van der Waals surface area contributed by atoms with Crippen LogP contribution in [0.25, 0.3) is 0 Å². The highest BCUT2D eigenvalue weighted by molar-refractivity contribution is 5.83. The molecule has 0 N–H and O–H groups in total. The van der Waals surface area contributed by atoms with Crippen molar-refractivity contribution in [2.75, 3.05) is 45.9 Å². The zero-order valence-corrected chi connectivity index (χ0v) is 15.6. The lowest BCUT2D eigenvalue weighted by Gasteiger charge is -2.56. The van der Waals surface area contributed by atoms with Gasteiger partial charge in [-0.25, -0.2) is 0 Å². The van der Waals surface area contributed by atoms with Crippen LogP contribution in [-0.2, 0) is 14.3 Å². The second kappa shape index (κ2) is 6.54. The zero-order valence-electron chi connectivity index (χ0n) is 15.6. The lowest BCUT2D eigenvalue weighted by molar-refractivity contribution is -0.207. The quantitative estimate of drug-likeness (QED) is 0.742. The number of hydrogen-bond donors (Lipinski definition) is 0. The van der Waals surface area contributed by atoms with Crippen molar-refractivity contribution in [1.82, 2.24) is 14.7 Å². The highest BCUT2D eigenvalue weighted by Gasteiger charge is 2.53. The molecule has 1 atom stereocenters. The molecule has 0 radical (unpaired) electrons. The predicted octanol–water partition coefficient (Wildman–Crippen LogP) is 0.957. The van der Waals surface area contributed by atoms with Crippen molar-refractivity contribution in [3.8, 4) is 0 Å². The first-order chi connectivity index (χ1) is 12.0. The van der Waals surface area contributed by atoms with Crippen molar-refractivity contribution in [3.05, 3.63) is 0 Å². The van der Waals surface area contributed by atoms with Gasteiger partial charge in [0.2, 0.25) is 11.8 Å². The highest BCUT2D eigenvalue weighted by Crippen LogP contribution is 2.36. The average Bonchev–Trinajstić information content (AvgIpc) is 3.25. The second-order valence-corrected chi connectivity index (χ2v) is 8.91. The number of morpholine rings is 1. The van der Waals surface area contributed by atoms with Gasteiger partial charge in [-0.1, -0.05) is 13.8 Å². The van der Waals surface area contributed by atoms with Gasteiger partial charge in [-0.3, -0.25) is 14.5 Å². The number of amides is 2. The van der Waals surface area contributed by atoms with Crippen LogP contribution in [0.1, 0.15) is 39.5 Å². The Hall–Kier alpha value is -1.14. The summed E-state index contributed by atoms with van der Waals surface area (Å²) in [7, 11) is 0. The molecule has 0 aromatic carbocycles. The van der Waals surface area contributed by atoms with Crippen molar-refractivity contribution in [1.29, 1.82) is 0 Å². The Morgan fingerprint density at radius 1 is 1.12 bits per heavy atom. The molecule has 1 spiro atoms. The Bertz CT molecular complexity index is 536. The largest absolute Gasteiger partial charge is 0.368 e. The first-order valence-electron chi connectivity index (χ1n) is 9.90. The molecule has 3 saturated heterocycles. The lowest BCUT2D eigenvalue weighted by Crippen LogP contribution is -2.74. The summed E-state index contributed by atoms with van der Waals surface area (Å²) in [6.07, 6.45) is 4.30. The van der Waals surface area contributed by atoms with E-state index in [0.29, 0.717) is 32.0 Å². The van der Waals surface area contributed by atoms with Gasteiger partial charge >= 0.3 is 0 Å². The molecule has 4 rings (SSSR count). The van der Waals surface area contributed by atoms with Crippen LogP contribution in [0.15, 0.2) is 0 Å². The first-order valence-corrected chi connectivity index (χ1v) is 9.90. The third-order valence-electron chi connectivity index (χ3n) is 6.02. The van der Waals surface area contributed by atoms with Crippen LogP contribution in [-0.4, -0.2) is 84.0 Å². The van der Waals surface area contributed by atoms with E-state index in [1.807, 2.05) is 9.80 Å². The lowest BCUT2D eigenvalue weighted by atomic mass is 9.89. The Morgan fingerprint density at radius 3 is 2.40 bits per heavy atom. The smallest absolute Gasteiger partial charge is 0.242 e. The molecule has 25 heavy (non-hydrogen) atoms. The molecule has 0 aromatic rings. The summed E-state index contributed by atoms with van der Waals surface area (Å²) in [6, 6.07) is -0.119. The summed E-state index contributed by atoms with van der Waals surface area (Å²) in [5.74, 6) is 1.62. The van der Waals surface area contributed by atoms with Crippen LogP contribution in [0.4, 0.5) is 0 Å². The topological polar surface area (TPSA) is 53.1 Å². The summed E-state index contributed by atoms with van der Waals surface area (Å²) in [6.45, 7) is 9.60. The van der Waals surface area contributed by atoms with Crippen LogP contribution in [0.3, 0.4) is 0 Å². The Labute approximate surface area is 150 Å². The maximum atomic E-state index is 12.7. The van der Waals surface area contributed by atoms with E-state index in [4.69, 9.17) is 4.74 Å². The van der Waals surface area contributed by atoms with Gasteiger partial charge < -0.3 is 14.5 Å². The van der Waals surface area contributed by atoms with E-state index in [1.54, 1.807) is 0 Å². The zero-order chi connectivity index (χ0) is 17.6. The SMILES string of the molecule is CC(C)CC(=O)N1CC2(C1)CN(CC1CC1)[C@H](C(=O)N1CCC1)CO2. The van der Waals surface area contributed by atoms with E-state index < -0.39 is 0 Å². The molecule has 2 amide bonds. The number of nitrogens with zero attached hydrogens (tertiary/aromatic N) is 3. The molecule has 6 nitrogen and oxygen atoms in total. The minimum Gasteiger partial charge on any atom is -0.368 e. The minimum absolute atomic E-state index is 0.119. The molecule has 0 aromatic heterocycles. The van der Waals surface area contributed by atoms with E-state index in [0.717, 1.165) is 38.5 Å². The molecule has 4 aliphatic rings. The van der Waals surface area contributed by atoms with Gasteiger partial charge in [0.25, 0.3) is 0 Å². The van der Waals surface area contributed by atoms with Crippen molar-refractivity contribution >= 4 is 11.8 Å². The van der Waals surface area contributed by atoms with E-state index in [-0.39, 0.29) is 23.5 Å². The molecular weight excluding hydrogens is 318 g/mol. The van der Waals surface area contributed by atoms with Crippen molar-refractivity contribution in [2.45, 2.75) is 51.2 Å². The Kier molecular flexibility index (Phi) is 4.52. The number of carbonyl (C=O) groups is 2. The summed E-state index contributed by atoms with van der Waals surface area (Å²) >= 11 is 0. The number of hydrogen-bond acceptors (Lipinski definition) is 4. The molecule has 0 bridgehead atoms. The van der Waals surface area contributed by atoms with Crippen LogP contribution in [0.5, 0.6) is 0 Å². The van der Waals surface area contributed by atoms with Crippen molar-refractivity contribution < 1.29 is 14.3 Å². The Morgan fingerprint density at radius 2 is 1.84 bits per heavy atom. The third-order valence-corrected chi connectivity index (χ3v) is 6.02. The summed E-state index contributed by atoms with van der Waals surface area (Å²) in [5, 5.41) is 0. The van der Waals surface area contributed by atoms with Gasteiger partial charge in [0.1, 0.15) is 11.6 Å². The van der Waals surface area contributed by atoms with Crippen molar-refractivity contribution in [3.63, 3.8) is 0 Å². The van der Waals surface area contributed by atoms with Gasteiger partial charge in [-0.05, 0) is 31.1 Å². The van der Waals surface area contributed by atoms with Gasteiger partial charge in [0.15, 0.2) is 0 Å². The maximum Gasteiger partial charge on any atom is 0.242 e. The standard InChI is InChI=1S/C19H31N3O3/c1-14(2)8-17(23)22-12-19(13-22)11-21(9-15-4-5-15)16(10-25-19)18(24)20-6-3-7-20/h14-16H,3-13H2,1-2H3/t16-/m0/s1. The van der Waals surface area contributed by atoms with E-state index in [2.05, 4.69) is 18.7 Å². The van der Waals surface area contributed by atoms with E-state index in [1.165, 1.54) is 12.8 Å². The molecule has 1 saturated carbocycles. The number of rotatable bonds is 5. The first kappa shape index (κ1) is 17.3. The minimum atomic E-state index is -0.243. The number of carbonyl (C=O) groups excluding carboxylic acids is 2. The number of likely N-dealkylation sites (tertiary alicyclic amines) is 2. The van der Waals surface area contributed by atoms with Gasteiger partial charge in [0, 0.05) is 32.6 Å². The van der Waals surface area contributed by atoms with Gasteiger partial charge in [-0.15, -0.1) is 0 Å². The highest BCUT2D eigenvalue weighted by atomic mass is 16.5. The third kappa shape index (κ3) is 3.56. The molecule has 4 fully saturated rings. The summed E-state index contributed by atoms with van der Waals surface area (Å²) in [5.41, 5.74) is -0.243. The normalized spacial score (nSPS) is 28.8. The van der Waals surface area contributed by atoms with Crippen LogP contribution in [0.2, 0.25) is 0 Å². The van der Waals surface area contributed by atoms with Crippen LogP contribution >= 0.6 is 0 Å². The fourth-order valence-corrected chi connectivity index (χ4v) is 4.18. The molecule has 0 unspecified atom stereocenters. The van der Waals surface area contributed by atoms with Gasteiger partial charge in [0.05, 0.1) is 19.7 Å². The molecular formula is C19H31N3O3. The Balaban J connectivity index is 1.37. The van der Waals surface area contributed by atoms with E-state index >= 15 is 0 Å². The summed E-state index contributed by atoms with van der Waals surface area (Å²) in [4.78, 5) is 31.2. The molecule has 140 valence electrons.